The molecule has 1 aliphatic carbocycles. The van der Waals surface area contributed by atoms with Gasteiger partial charge in [0, 0.05) is 123 Å². The maximum atomic E-state index is 7.62. The average molecular weight is 1450 g/mol. The number of ether oxygens (including phenoxy) is 1. The minimum absolute atomic E-state index is 0.148. The molecule has 0 bridgehead atoms. The molecule has 0 saturated heterocycles. The second-order valence-electron chi connectivity index (χ2n) is 29.4. The highest BCUT2D eigenvalue weighted by Crippen LogP contribution is 2.56. The molecule has 24 rings (SSSR count). The number of nitrogens with zero attached hydrogens (tertiary/aromatic N) is 3. The van der Waals surface area contributed by atoms with Gasteiger partial charge in [-0.1, -0.05) is 249 Å². The molecule has 108 heavy (non-hydrogen) atoms. The summed E-state index contributed by atoms with van der Waals surface area (Å²) < 4.78 is 18.0. The highest BCUT2D eigenvalue weighted by atomic mass is 32.1. The largest absolute Gasteiger partial charge is 0.458 e. The van der Waals surface area contributed by atoms with Gasteiger partial charge >= 0.3 is 0 Å². The van der Waals surface area contributed by atoms with Crippen LogP contribution in [0.25, 0.3) is 80.7 Å². The minimum Gasteiger partial charge on any atom is -0.458 e. The fraction of sp³-hybridized carbons (Fsp3) is 0.0408. The second-order valence-corrected chi connectivity index (χ2v) is 33.6. The smallest absolute Gasteiger partial charge is 0.256 e. The number of rotatable bonds is 9. The molecule has 0 radical (unpaired) electrons. The fourth-order valence-corrected chi connectivity index (χ4v) is 24.3. The Morgan fingerprint density at radius 1 is 0.296 bits per heavy atom. The highest BCUT2D eigenvalue weighted by molar-refractivity contribution is 7.27. The zero-order chi connectivity index (χ0) is 70.4. The van der Waals surface area contributed by atoms with Crippen molar-refractivity contribution in [1.82, 2.24) is 0 Å². The molecule has 504 valence electrons. The lowest BCUT2D eigenvalue weighted by atomic mass is 9.30. The third-order valence-electron chi connectivity index (χ3n) is 23.8. The molecule has 8 heterocycles. The number of hydrogen-bond donors (Lipinski definition) is 0. The normalized spacial score (nSPS) is 14.6. The first-order valence-electron chi connectivity index (χ1n) is 37.5. The third kappa shape index (κ3) is 8.91. The van der Waals surface area contributed by atoms with Crippen LogP contribution in [0.15, 0.2) is 345 Å². The first-order chi connectivity index (χ1) is 53.6. The summed E-state index contributed by atoms with van der Waals surface area (Å²) in [6, 6.07) is 122. The quantitative estimate of drug-likeness (QED) is 0.106. The van der Waals surface area contributed by atoms with E-state index in [1.54, 1.807) is 0 Å². The molecule has 0 fully saturated rings. The number of anilines is 8. The van der Waals surface area contributed by atoms with Crippen LogP contribution in [0.4, 0.5) is 45.5 Å². The van der Waals surface area contributed by atoms with Gasteiger partial charge in [-0.05, 0) is 164 Å². The molecule has 15 aromatic carbocycles. The summed E-state index contributed by atoms with van der Waals surface area (Å²) >= 11 is 7.65. The van der Waals surface area contributed by atoms with Gasteiger partial charge in [0.25, 0.3) is 13.4 Å². The number of thiophene rings is 4. The molecule has 0 spiro atoms. The Labute approximate surface area is 641 Å². The summed E-state index contributed by atoms with van der Waals surface area (Å²) in [6.07, 6.45) is 6.80. The zero-order valence-electron chi connectivity index (χ0n) is 58.4. The van der Waals surface area contributed by atoms with Gasteiger partial charge < -0.3 is 19.4 Å². The third-order valence-corrected chi connectivity index (χ3v) is 28.7. The molecule has 2 unspecified atom stereocenters. The Kier molecular flexibility index (Phi) is 13.4. The predicted molar refractivity (Wildman–Crippen MR) is 465 cm³/mol. The molecular weight excluding hydrogens is 1380 g/mol. The van der Waals surface area contributed by atoms with Gasteiger partial charge in [-0.25, -0.2) is 0 Å². The van der Waals surface area contributed by atoms with Crippen LogP contribution in [-0.2, 0) is 0 Å². The Morgan fingerprint density at radius 3 is 1.31 bits per heavy atom. The molecule has 10 heteroatoms. The maximum Gasteiger partial charge on any atom is 0.256 e. The van der Waals surface area contributed by atoms with E-state index in [2.05, 4.69) is 348 Å². The van der Waals surface area contributed by atoms with Gasteiger partial charge in [-0.2, -0.15) is 0 Å². The van der Waals surface area contributed by atoms with Crippen molar-refractivity contribution in [3.63, 3.8) is 0 Å². The van der Waals surface area contributed by atoms with Crippen LogP contribution < -0.4 is 46.8 Å². The summed E-state index contributed by atoms with van der Waals surface area (Å²) in [6.45, 7) is -0.359. The van der Waals surface area contributed by atoms with Crippen LogP contribution in [0.1, 0.15) is 58.1 Å². The minimum atomic E-state index is -0.203. The number of hydrogen-bond acceptors (Lipinski definition) is 8. The average Bonchev–Trinajstić information content (AvgIpc) is 0.775. The molecule has 0 N–H and O–H groups in total. The molecule has 4 nitrogen and oxygen atoms in total. The highest BCUT2D eigenvalue weighted by Gasteiger charge is 2.50. The van der Waals surface area contributed by atoms with Gasteiger partial charge in [0.1, 0.15) is 11.5 Å². The summed E-state index contributed by atoms with van der Waals surface area (Å²) in [5, 5.41) is 10.3. The molecular formula is C98H61B2N3OS4. The zero-order valence-corrected chi connectivity index (χ0v) is 61.6. The Morgan fingerprint density at radius 2 is 0.731 bits per heavy atom. The van der Waals surface area contributed by atoms with Crippen molar-refractivity contribution in [3.8, 4) is 11.5 Å². The van der Waals surface area contributed by atoms with Crippen molar-refractivity contribution >= 4 is 212 Å². The number of fused-ring (bicyclic) bond motifs is 19. The molecule has 19 aromatic rings. The molecule has 4 aromatic heterocycles. The van der Waals surface area contributed by atoms with E-state index in [9.17, 15) is 0 Å². The molecule has 0 saturated carbocycles. The van der Waals surface area contributed by atoms with E-state index in [-0.39, 0.29) is 25.3 Å². The Balaban J connectivity index is 0.823. The van der Waals surface area contributed by atoms with Crippen molar-refractivity contribution in [2.24, 2.45) is 0 Å². The molecule has 5 aliphatic rings. The van der Waals surface area contributed by atoms with Crippen molar-refractivity contribution < 1.29 is 4.74 Å². The van der Waals surface area contributed by atoms with E-state index >= 15 is 0 Å². The molecule has 2 atom stereocenters. The number of allylic oxidation sites excluding steroid dienone is 4. The van der Waals surface area contributed by atoms with E-state index in [0.29, 0.717) is 0 Å². The second kappa shape index (κ2) is 23.7. The van der Waals surface area contributed by atoms with Gasteiger partial charge in [-0.3, -0.25) is 0 Å². The Bertz CT molecular complexity index is 7110. The van der Waals surface area contributed by atoms with Crippen LogP contribution in [-0.4, -0.2) is 13.4 Å². The van der Waals surface area contributed by atoms with Crippen LogP contribution in [0.2, 0.25) is 0 Å². The van der Waals surface area contributed by atoms with Crippen LogP contribution in [0.5, 0.6) is 11.5 Å². The van der Waals surface area contributed by atoms with Gasteiger partial charge in [-0.15, -0.1) is 45.3 Å². The summed E-state index contributed by atoms with van der Waals surface area (Å²) in [4.78, 5) is 8.11. The lowest BCUT2D eigenvalue weighted by Crippen LogP contribution is -2.62. The SMILES string of the molecule is C1=CC2=C(CC1)N(c1cccc3c1sc1ccccc13)c1cc(C(c3ccccc3)c3cccc4c3sc3ccccc34)cc3c1B2c1cc2c(cc1N3c1ccccc1)N(c1cccc3c1sc1ccccc13)c1cc(C(c3ccccc3)c3cccc4c3sc3ccccc34)cc3c1B2c1ccccc1O3. The summed E-state index contributed by atoms with van der Waals surface area (Å²) in [5.74, 6) is 1.48. The topological polar surface area (TPSA) is 19.0 Å². The van der Waals surface area contributed by atoms with E-state index in [4.69, 9.17) is 4.74 Å². The maximum absolute atomic E-state index is 7.62. The Hall–Kier alpha value is -12.0. The standard InChI is InChI=1S/C98H61B2N3OS4/c1-4-26-58(27-5-1)91(71-40-22-36-67-63-32-10-18-48-87(63)105-95(67)71)60-52-82-93-83(53-60)102(78-45-24-38-69-65-34-12-20-50-89(65)107-97(69)78)77-44-16-14-42-73(77)99(93)75-56-76-81(57-80(75)101(82)62-30-8-3-9-31-62)103(79-46-25-39-70-66-35-13-21-51-90(66)108-98(70)79)84-54-61(55-86-94(84)100(76)74-43-15-17-47-85(74)104-86)92(59-28-6-2-7-29-59)72-41-23-37-68-64-33-11-19-49-88(64)106-96(68)72/h1-15,17-43,45-57,91-92H,16,44H2. The van der Waals surface area contributed by atoms with Gasteiger partial charge in [0.05, 0.1) is 20.8 Å². The van der Waals surface area contributed by atoms with Crippen molar-refractivity contribution in [3.05, 3.63) is 378 Å². The lowest BCUT2D eigenvalue weighted by Gasteiger charge is -2.47. The molecule has 4 aliphatic heterocycles. The predicted octanol–water partition coefficient (Wildman–Crippen LogP) is 24.6. The van der Waals surface area contributed by atoms with E-state index in [1.807, 2.05) is 45.3 Å². The van der Waals surface area contributed by atoms with Crippen LogP contribution in [0.3, 0.4) is 0 Å². The monoisotopic (exact) mass is 1450 g/mol. The van der Waals surface area contributed by atoms with Crippen LogP contribution >= 0.6 is 45.3 Å². The number of para-hydroxylation sites is 2. The number of benzene rings is 15. The van der Waals surface area contributed by atoms with Crippen molar-refractivity contribution in [2.45, 2.75) is 24.7 Å². The van der Waals surface area contributed by atoms with Crippen LogP contribution in [0, 0.1) is 0 Å². The lowest BCUT2D eigenvalue weighted by molar-refractivity contribution is 0.486. The van der Waals surface area contributed by atoms with Crippen molar-refractivity contribution in [2.75, 3.05) is 14.7 Å². The van der Waals surface area contributed by atoms with E-state index < -0.39 is 0 Å². The first kappa shape index (κ1) is 61.2. The first-order valence-corrected chi connectivity index (χ1v) is 40.7. The van der Waals surface area contributed by atoms with Crippen molar-refractivity contribution in [1.29, 1.82) is 0 Å². The molecule has 0 amide bonds. The van der Waals surface area contributed by atoms with Gasteiger partial charge in [0.15, 0.2) is 0 Å². The summed E-state index contributed by atoms with van der Waals surface area (Å²) in [5.41, 5.74) is 25.8. The van der Waals surface area contributed by atoms with E-state index in [1.165, 1.54) is 175 Å². The van der Waals surface area contributed by atoms with Gasteiger partial charge in [0.2, 0.25) is 0 Å². The van der Waals surface area contributed by atoms with E-state index in [0.717, 1.165) is 47.1 Å². The summed E-state index contributed by atoms with van der Waals surface area (Å²) in [7, 11) is 0. The fourth-order valence-electron chi connectivity index (χ4n) is 19.4.